The number of hydrogen-bond acceptors (Lipinski definition) is 2. The van der Waals surface area contributed by atoms with Crippen molar-refractivity contribution < 1.29 is 8.78 Å². The van der Waals surface area contributed by atoms with E-state index in [0.717, 1.165) is 43.5 Å². The third-order valence-corrected chi connectivity index (χ3v) is 6.05. The highest BCUT2D eigenvalue weighted by atomic mass is 32.1. The Morgan fingerprint density at radius 2 is 1.59 bits per heavy atom. The third kappa shape index (κ3) is 4.37. The van der Waals surface area contributed by atoms with Gasteiger partial charge in [-0.15, -0.1) is 0 Å². The zero-order valence-electron chi connectivity index (χ0n) is 15.9. The number of nitrogens with one attached hydrogen (secondary N) is 2. The van der Waals surface area contributed by atoms with Gasteiger partial charge in [-0.3, -0.25) is 9.78 Å². The molecule has 0 atom stereocenters. The number of H-pyrrole nitrogens is 2. The van der Waals surface area contributed by atoms with Crippen LogP contribution in [-0.2, 0) is 6.42 Å². The van der Waals surface area contributed by atoms with Crippen LogP contribution in [0.1, 0.15) is 59.9 Å². The first-order valence-corrected chi connectivity index (χ1v) is 10.3. The maximum Gasteiger partial charge on any atom is 0.255 e. The Kier molecular flexibility index (Phi) is 5.72. The van der Waals surface area contributed by atoms with Crippen molar-refractivity contribution in [3.05, 3.63) is 97.7 Å². The summed E-state index contributed by atoms with van der Waals surface area (Å²) >= 11 is 5.20. The van der Waals surface area contributed by atoms with Gasteiger partial charge in [0.25, 0.3) is 5.56 Å². The van der Waals surface area contributed by atoms with Crippen LogP contribution in [0.4, 0.5) is 8.78 Å². The Hall–Kier alpha value is -2.60. The topological polar surface area (TPSA) is 48.6 Å². The molecular weight excluding hydrogens is 390 g/mol. The van der Waals surface area contributed by atoms with E-state index < -0.39 is 11.6 Å². The van der Waals surface area contributed by atoms with Gasteiger partial charge in [0.05, 0.1) is 0 Å². The first-order valence-electron chi connectivity index (χ1n) is 9.85. The van der Waals surface area contributed by atoms with Crippen LogP contribution >= 0.6 is 12.2 Å². The highest BCUT2D eigenvalue weighted by Crippen LogP contribution is 2.40. The van der Waals surface area contributed by atoms with Crippen molar-refractivity contribution in [3.63, 3.8) is 0 Å². The van der Waals surface area contributed by atoms with Gasteiger partial charge in [0.1, 0.15) is 0 Å². The number of aromatic amines is 2. The maximum atomic E-state index is 13.6. The van der Waals surface area contributed by atoms with Crippen LogP contribution in [0.25, 0.3) is 0 Å². The Bertz CT molecular complexity index is 1120. The lowest BCUT2D eigenvalue weighted by molar-refractivity contribution is 0.389. The van der Waals surface area contributed by atoms with Crippen molar-refractivity contribution in [2.75, 3.05) is 0 Å². The molecule has 6 heteroatoms. The van der Waals surface area contributed by atoms with Crippen molar-refractivity contribution >= 4 is 12.2 Å². The summed E-state index contributed by atoms with van der Waals surface area (Å²) < 4.78 is 27.2. The summed E-state index contributed by atoms with van der Waals surface area (Å²) in [7, 11) is 0. The first-order chi connectivity index (χ1) is 14.0. The molecule has 150 valence electrons. The fourth-order valence-corrected chi connectivity index (χ4v) is 4.55. The third-order valence-electron chi connectivity index (χ3n) is 5.85. The fraction of sp³-hybridized carbons (Fsp3) is 0.304. The molecule has 1 fully saturated rings. The molecule has 0 unspecified atom stereocenters. The van der Waals surface area contributed by atoms with Crippen LogP contribution < -0.4 is 5.56 Å². The smallest absolute Gasteiger partial charge is 0.255 e. The summed E-state index contributed by atoms with van der Waals surface area (Å²) in [5.74, 6) is -1.09. The summed E-state index contributed by atoms with van der Waals surface area (Å²) in [6.07, 6.45) is 4.18. The van der Waals surface area contributed by atoms with Crippen LogP contribution in [0, 0.1) is 16.4 Å². The Balaban J connectivity index is 1.60. The minimum absolute atomic E-state index is 0.194. The molecule has 0 bridgehead atoms. The standard InChI is InChI=1S/C23H22F2N2OS/c24-19-11-6-14(13-20(19)25)12-18-21(26-23(29)27-22(18)28)17-9-7-16(8-10-17)15-4-2-1-3-5-15/h1-6,11,13,16-17H,7-10,12H2,(H2,26,27,28,29). The van der Waals surface area contributed by atoms with E-state index in [4.69, 9.17) is 12.2 Å². The first kappa shape index (κ1) is 19.7. The molecular formula is C23H22F2N2OS. The maximum absolute atomic E-state index is 13.6. The molecule has 0 spiro atoms. The van der Waals surface area contributed by atoms with E-state index in [1.807, 2.05) is 6.07 Å². The predicted molar refractivity (Wildman–Crippen MR) is 112 cm³/mol. The van der Waals surface area contributed by atoms with E-state index >= 15 is 0 Å². The average Bonchev–Trinajstić information content (AvgIpc) is 2.73. The van der Waals surface area contributed by atoms with Gasteiger partial charge in [0.15, 0.2) is 16.4 Å². The second kappa shape index (κ2) is 8.41. The zero-order chi connectivity index (χ0) is 20.4. The van der Waals surface area contributed by atoms with Gasteiger partial charge in [0.2, 0.25) is 0 Å². The van der Waals surface area contributed by atoms with Crippen molar-refractivity contribution in [2.24, 2.45) is 0 Å². The molecule has 0 radical (unpaired) electrons. The van der Waals surface area contributed by atoms with Gasteiger partial charge >= 0.3 is 0 Å². The normalized spacial score (nSPS) is 19.2. The number of halogens is 2. The summed E-state index contributed by atoms with van der Waals surface area (Å²) in [5, 5.41) is 0. The zero-order valence-corrected chi connectivity index (χ0v) is 16.7. The highest BCUT2D eigenvalue weighted by Gasteiger charge is 2.26. The average molecular weight is 413 g/mol. The van der Waals surface area contributed by atoms with E-state index in [1.54, 1.807) is 0 Å². The van der Waals surface area contributed by atoms with E-state index in [2.05, 4.69) is 34.2 Å². The molecule has 3 aromatic rings. The summed E-state index contributed by atoms with van der Waals surface area (Å²) in [4.78, 5) is 18.4. The summed E-state index contributed by atoms with van der Waals surface area (Å²) in [5.41, 5.74) is 3.02. The number of hydrogen-bond donors (Lipinski definition) is 2. The van der Waals surface area contributed by atoms with E-state index in [-0.39, 0.29) is 17.9 Å². The molecule has 0 amide bonds. The van der Waals surface area contributed by atoms with Crippen molar-refractivity contribution in [1.82, 2.24) is 9.97 Å². The summed E-state index contributed by atoms with van der Waals surface area (Å²) in [6, 6.07) is 14.2. The van der Waals surface area contributed by atoms with Gasteiger partial charge in [0, 0.05) is 17.7 Å². The molecule has 0 aliphatic heterocycles. The Morgan fingerprint density at radius 1 is 0.897 bits per heavy atom. The number of rotatable bonds is 4. The number of aromatic nitrogens is 2. The van der Waals surface area contributed by atoms with E-state index in [1.165, 1.54) is 11.6 Å². The lowest BCUT2D eigenvalue weighted by Crippen LogP contribution is -2.22. The van der Waals surface area contributed by atoms with Crippen LogP contribution in [0.3, 0.4) is 0 Å². The van der Waals surface area contributed by atoms with Gasteiger partial charge in [-0.2, -0.15) is 0 Å². The van der Waals surface area contributed by atoms with Crippen LogP contribution in [-0.4, -0.2) is 9.97 Å². The molecule has 1 saturated carbocycles. The van der Waals surface area contributed by atoms with Gasteiger partial charge in [-0.05, 0) is 73.0 Å². The van der Waals surface area contributed by atoms with Crippen molar-refractivity contribution in [2.45, 2.75) is 43.9 Å². The number of benzene rings is 2. The van der Waals surface area contributed by atoms with E-state index in [0.29, 0.717) is 21.8 Å². The molecule has 1 aliphatic carbocycles. The fourth-order valence-electron chi connectivity index (χ4n) is 4.35. The minimum Gasteiger partial charge on any atom is -0.335 e. The van der Waals surface area contributed by atoms with Gasteiger partial charge in [-0.25, -0.2) is 8.78 Å². The second-order valence-electron chi connectivity index (χ2n) is 7.68. The van der Waals surface area contributed by atoms with Crippen molar-refractivity contribution in [3.8, 4) is 0 Å². The van der Waals surface area contributed by atoms with E-state index in [9.17, 15) is 13.6 Å². The van der Waals surface area contributed by atoms with Crippen LogP contribution in [0.2, 0.25) is 0 Å². The van der Waals surface area contributed by atoms with Crippen LogP contribution in [0.15, 0.2) is 53.3 Å². The molecule has 3 nitrogen and oxygen atoms in total. The van der Waals surface area contributed by atoms with Gasteiger partial charge < -0.3 is 4.98 Å². The Labute approximate surface area is 172 Å². The second-order valence-corrected chi connectivity index (χ2v) is 8.09. The quantitative estimate of drug-likeness (QED) is 0.537. The lowest BCUT2D eigenvalue weighted by atomic mass is 9.76. The molecule has 1 aliphatic rings. The van der Waals surface area contributed by atoms with Crippen LogP contribution in [0.5, 0.6) is 0 Å². The van der Waals surface area contributed by atoms with Crippen molar-refractivity contribution in [1.29, 1.82) is 0 Å². The molecule has 2 aromatic carbocycles. The Morgan fingerprint density at radius 3 is 2.28 bits per heavy atom. The molecule has 4 rings (SSSR count). The minimum atomic E-state index is -0.910. The molecule has 1 heterocycles. The summed E-state index contributed by atoms with van der Waals surface area (Å²) in [6.45, 7) is 0. The molecule has 0 saturated heterocycles. The molecule has 29 heavy (non-hydrogen) atoms. The predicted octanol–water partition coefficient (Wildman–Crippen LogP) is 5.74. The molecule has 1 aromatic heterocycles. The monoisotopic (exact) mass is 412 g/mol. The lowest BCUT2D eigenvalue weighted by Gasteiger charge is -2.29. The largest absolute Gasteiger partial charge is 0.335 e. The molecule has 2 N–H and O–H groups in total. The van der Waals surface area contributed by atoms with Gasteiger partial charge in [-0.1, -0.05) is 36.4 Å². The highest BCUT2D eigenvalue weighted by molar-refractivity contribution is 7.71. The SMILES string of the molecule is O=c1[nH]c(=S)[nH]c(C2CCC(c3ccccc3)CC2)c1Cc1ccc(F)c(F)c1.